The van der Waals surface area contributed by atoms with Crippen LogP contribution in [0.15, 0.2) is 42.0 Å². The van der Waals surface area contributed by atoms with E-state index in [1.165, 1.54) is 5.56 Å². The van der Waals surface area contributed by atoms with E-state index in [0.717, 1.165) is 35.7 Å². The molecule has 2 aromatic heterocycles. The van der Waals surface area contributed by atoms with Crippen molar-refractivity contribution in [2.45, 2.75) is 19.4 Å². The third kappa shape index (κ3) is 3.14. The highest BCUT2D eigenvalue weighted by Crippen LogP contribution is 2.15. The molecule has 104 valence electrons. The number of aromatic nitrogens is 2. The van der Waals surface area contributed by atoms with E-state index in [1.54, 1.807) is 11.3 Å². The standard InChI is InChI=1S/C15H16ClN3S/c16-6-2-4-12-3-1-5-13(9-12)17-10-14-11-19-7-8-20-15(19)18-14/h1,3,5,7-9,11,17H,2,4,6,10H2. The number of benzene rings is 1. The van der Waals surface area contributed by atoms with Gasteiger partial charge in [-0.05, 0) is 30.5 Å². The zero-order valence-electron chi connectivity index (χ0n) is 11.1. The summed E-state index contributed by atoms with van der Waals surface area (Å²) >= 11 is 7.39. The third-order valence-corrected chi connectivity index (χ3v) is 4.18. The number of aryl methyl sites for hydroxylation is 1. The number of fused-ring (bicyclic) bond motifs is 1. The number of nitrogens with zero attached hydrogens (tertiary/aromatic N) is 2. The molecule has 3 aromatic rings. The summed E-state index contributed by atoms with van der Waals surface area (Å²) in [6.45, 7) is 0.743. The minimum atomic E-state index is 0.711. The minimum absolute atomic E-state index is 0.711. The van der Waals surface area contributed by atoms with Crippen LogP contribution in [0.4, 0.5) is 5.69 Å². The molecule has 0 amide bonds. The van der Waals surface area contributed by atoms with Gasteiger partial charge in [0.1, 0.15) is 0 Å². The van der Waals surface area contributed by atoms with Gasteiger partial charge in [0.05, 0.1) is 12.2 Å². The van der Waals surface area contributed by atoms with Gasteiger partial charge in [0.15, 0.2) is 4.96 Å². The lowest BCUT2D eigenvalue weighted by molar-refractivity contribution is 0.928. The molecule has 0 saturated heterocycles. The average Bonchev–Trinajstić information content (AvgIpc) is 3.04. The van der Waals surface area contributed by atoms with E-state index in [2.05, 4.69) is 45.2 Å². The Kier molecular flexibility index (Phi) is 4.23. The molecule has 20 heavy (non-hydrogen) atoms. The number of nitrogens with one attached hydrogen (secondary N) is 1. The molecule has 0 bridgehead atoms. The zero-order chi connectivity index (χ0) is 13.8. The van der Waals surface area contributed by atoms with E-state index in [4.69, 9.17) is 11.6 Å². The molecule has 0 unspecified atom stereocenters. The van der Waals surface area contributed by atoms with E-state index in [0.29, 0.717) is 5.88 Å². The van der Waals surface area contributed by atoms with Gasteiger partial charge in [-0.2, -0.15) is 0 Å². The number of imidazole rings is 1. The molecule has 0 aliphatic carbocycles. The lowest BCUT2D eigenvalue weighted by Crippen LogP contribution is -2.00. The second-order valence-corrected chi connectivity index (χ2v) is 5.92. The van der Waals surface area contributed by atoms with Crippen molar-refractivity contribution in [2.24, 2.45) is 0 Å². The van der Waals surface area contributed by atoms with Gasteiger partial charge in [-0.3, -0.25) is 4.40 Å². The van der Waals surface area contributed by atoms with Gasteiger partial charge in [-0.1, -0.05) is 12.1 Å². The van der Waals surface area contributed by atoms with Crippen molar-refractivity contribution in [2.75, 3.05) is 11.2 Å². The molecule has 0 atom stereocenters. The number of hydrogen-bond donors (Lipinski definition) is 1. The predicted molar refractivity (Wildman–Crippen MR) is 85.9 cm³/mol. The normalized spacial score (nSPS) is 11.1. The fourth-order valence-corrected chi connectivity index (χ4v) is 3.01. The highest BCUT2D eigenvalue weighted by atomic mass is 35.5. The Morgan fingerprint density at radius 3 is 3.15 bits per heavy atom. The van der Waals surface area contributed by atoms with E-state index < -0.39 is 0 Å². The molecular formula is C15H16ClN3S. The topological polar surface area (TPSA) is 29.3 Å². The van der Waals surface area contributed by atoms with Gasteiger partial charge in [0.25, 0.3) is 0 Å². The minimum Gasteiger partial charge on any atom is -0.379 e. The summed E-state index contributed by atoms with van der Waals surface area (Å²) in [5.74, 6) is 0.711. The molecule has 3 rings (SSSR count). The predicted octanol–water partition coefficient (Wildman–Crippen LogP) is 4.18. The fraction of sp³-hybridized carbons (Fsp3) is 0.267. The van der Waals surface area contributed by atoms with Crippen LogP contribution < -0.4 is 5.32 Å². The first-order valence-corrected chi connectivity index (χ1v) is 8.06. The molecule has 3 nitrogen and oxygen atoms in total. The summed E-state index contributed by atoms with van der Waals surface area (Å²) in [6.07, 6.45) is 6.14. The molecule has 0 spiro atoms. The molecule has 0 radical (unpaired) electrons. The van der Waals surface area contributed by atoms with Gasteiger partial charge in [-0.15, -0.1) is 22.9 Å². The van der Waals surface area contributed by atoms with Gasteiger partial charge >= 0.3 is 0 Å². The quantitative estimate of drug-likeness (QED) is 0.692. The monoisotopic (exact) mass is 305 g/mol. The van der Waals surface area contributed by atoms with Crippen LogP contribution in [0.2, 0.25) is 0 Å². The number of halogens is 1. The first-order valence-electron chi connectivity index (χ1n) is 6.65. The lowest BCUT2D eigenvalue weighted by atomic mass is 10.1. The summed E-state index contributed by atoms with van der Waals surface area (Å²) in [5, 5.41) is 5.47. The maximum absolute atomic E-state index is 5.74. The summed E-state index contributed by atoms with van der Waals surface area (Å²) in [7, 11) is 0. The van der Waals surface area contributed by atoms with Crippen LogP contribution in [0.1, 0.15) is 17.7 Å². The third-order valence-electron chi connectivity index (χ3n) is 3.14. The Morgan fingerprint density at radius 2 is 2.30 bits per heavy atom. The number of thiazole rings is 1. The highest BCUT2D eigenvalue weighted by Gasteiger charge is 2.02. The maximum Gasteiger partial charge on any atom is 0.193 e. The summed E-state index contributed by atoms with van der Waals surface area (Å²) in [4.78, 5) is 5.60. The van der Waals surface area contributed by atoms with Crippen molar-refractivity contribution >= 4 is 33.6 Å². The van der Waals surface area contributed by atoms with Crippen LogP contribution in [0.25, 0.3) is 4.96 Å². The van der Waals surface area contributed by atoms with E-state index in [1.807, 2.05) is 11.6 Å². The van der Waals surface area contributed by atoms with Crippen LogP contribution in [-0.2, 0) is 13.0 Å². The van der Waals surface area contributed by atoms with E-state index in [9.17, 15) is 0 Å². The van der Waals surface area contributed by atoms with Gasteiger partial charge in [-0.25, -0.2) is 4.98 Å². The molecule has 0 aliphatic heterocycles. The summed E-state index contributed by atoms with van der Waals surface area (Å²) < 4.78 is 2.05. The molecule has 1 aromatic carbocycles. The van der Waals surface area contributed by atoms with E-state index in [-0.39, 0.29) is 0 Å². The SMILES string of the molecule is ClCCCc1cccc(NCc2cn3ccsc3n2)c1. The molecule has 1 N–H and O–H groups in total. The van der Waals surface area contributed by atoms with Gasteiger partial charge in [0.2, 0.25) is 0 Å². The van der Waals surface area contributed by atoms with Crippen LogP contribution in [0, 0.1) is 0 Å². The first kappa shape index (κ1) is 13.5. The highest BCUT2D eigenvalue weighted by molar-refractivity contribution is 7.15. The van der Waals surface area contributed by atoms with Crippen molar-refractivity contribution in [3.8, 4) is 0 Å². The average molecular weight is 306 g/mol. The Hall–Kier alpha value is -1.52. The zero-order valence-corrected chi connectivity index (χ0v) is 12.6. The fourth-order valence-electron chi connectivity index (χ4n) is 2.16. The van der Waals surface area contributed by atoms with Crippen molar-refractivity contribution in [3.05, 3.63) is 53.3 Å². The van der Waals surface area contributed by atoms with Crippen LogP contribution >= 0.6 is 22.9 Å². The number of rotatable bonds is 6. The Balaban J connectivity index is 1.64. The van der Waals surface area contributed by atoms with Crippen molar-refractivity contribution in [1.82, 2.24) is 9.38 Å². The molecular weight excluding hydrogens is 290 g/mol. The second-order valence-electron chi connectivity index (χ2n) is 4.67. The van der Waals surface area contributed by atoms with Gasteiger partial charge in [0, 0.05) is 29.3 Å². The largest absolute Gasteiger partial charge is 0.379 e. The smallest absolute Gasteiger partial charge is 0.193 e. The Bertz CT molecular complexity index is 661. The van der Waals surface area contributed by atoms with Crippen LogP contribution in [0.5, 0.6) is 0 Å². The molecule has 5 heteroatoms. The Morgan fingerprint density at radius 1 is 1.35 bits per heavy atom. The first-order chi connectivity index (χ1) is 9.85. The van der Waals surface area contributed by atoms with Crippen molar-refractivity contribution in [1.29, 1.82) is 0 Å². The summed E-state index contributed by atoms with van der Waals surface area (Å²) in [6, 6.07) is 8.50. The summed E-state index contributed by atoms with van der Waals surface area (Å²) in [5.41, 5.74) is 3.51. The Labute approximate surface area is 127 Å². The maximum atomic E-state index is 5.74. The molecule has 0 saturated carbocycles. The van der Waals surface area contributed by atoms with Crippen LogP contribution in [0.3, 0.4) is 0 Å². The molecule has 0 aliphatic rings. The van der Waals surface area contributed by atoms with Crippen molar-refractivity contribution in [3.63, 3.8) is 0 Å². The number of alkyl halides is 1. The van der Waals surface area contributed by atoms with Gasteiger partial charge < -0.3 is 5.32 Å². The van der Waals surface area contributed by atoms with Crippen LogP contribution in [-0.4, -0.2) is 15.3 Å². The molecule has 0 fully saturated rings. The van der Waals surface area contributed by atoms with E-state index >= 15 is 0 Å². The number of hydrogen-bond acceptors (Lipinski definition) is 3. The lowest BCUT2D eigenvalue weighted by Gasteiger charge is -2.06. The second kappa shape index (κ2) is 6.29. The van der Waals surface area contributed by atoms with Crippen molar-refractivity contribution < 1.29 is 0 Å². The molecule has 2 heterocycles. The number of anilines is 1.